The normalized spacial score (nSPS) is 10.3. The minimum Gasteiger partial charge on any atom is -0.389 e. The number of benzene rings is 1. The van der Waals surface area contributed by atoms with Crippen LogP contribution in [0.15, 0.2) is 34.7 Å². The van der Waals surface area contributed by atoms with Crippen LogP contribution in [0.5, 0.6) is 0 Å². The molecule has 0 saturated carbocycles. The first-order valence-electron chi connectivity index (χ1n) is 5.31. The Balaban J connectivity index is 2.24. The monoisotopic (exact) mass is 295 g/mol. The van der Waals surface area contributed by atoms with Gasteiger partial charge < -0.3 is 11.1 Å². The molecule has 2 aromatic rings. The second-order valence-corrected chi connectivity index (χ2v) is 5.79. The van der Waals surface area contributed by atoms with E-state index in [2.05, 4.69) is 10.3 Å². The van der Waals surface area contributed by atoms with E-state index in [0.717, 1.165) is 21.2 Å². The van der Waals surface area contributed by atoms with Gasteiger partial charge in [0.1, 0.15) is 10.00 Å². The van der Waals surface area contributed by atoms with E-state index >= 15 is 0 Å². The number of nitrogens with zero attached hydrogens (tertiary/aromatic N) is 1. The largest absolute Gasteiger partial charge is 0.389 e. The highest BCUT2D eigenvalue weighted by Crippen LogP contribution is 2.27. The fourth-order valence-corrected chi connectivity index (χ4v) is 3.09. The van der Waals surface area contributed by atoms with E-state index in [1.165, 1.54) is 0 Å². The second kappa shape index (κ2) is 6.17. The SMILES string of the molecule is CSc1cccc(NCc2nccs2)c1C(N)=S. The van der Waals surface area contributed by atoms with Crippen molar-refractivity contribution in [2.24, 2.45) is 5.73 Å². The number of nitrogens with one attached hydrogen (secondary N) is 1. The lowest BCUT2D eigenvalue weighted by Gasteiger charge is -2.13. The molecule has 1 heterocycles. The van der Waals surface area contributed by atoms with Gasteiger partial charge in [-0.25, -0.2) is 4.98 Å². The molecule has 0 bridgehead atoms. The number of thiocarbonyl (C=S) groups is 1. The maximum atomic E-state index is 5.80. The summed E-state index contributed by atoms with van der Waals surface area (Å²) >= 11 is 8.39. The van der Waals surface area contributed by atoms with E-state index in [-0.39, 0.29) is 0 Å². The van der Waals surface area contributed by atoms with Gasteiger partial charge in [0.2, 0.25) is 0 Å². The average molecular weight is 295 g/mol. The van der Waals surface area contributed by atoms with Crippen LogP contribution in [0, 0.1) is 0 Å². The Morgan fingerprint density at radius 1 is 1.56 bits per heavy atom. The molecule has 1 aromatic heterocycles. The lowest BCUT2D eigenvalue weighted by molar-refractivity contribution is 1.10. The molecule has 3 nitrogen and oxygen atoms in total. The Morgan fingerprint density at radius 2 is 2.39 bits per heavy atom. The maximum absolute atomic E-state index is 5.80. The van der Waals surface area contributed by atoms with Gasteiger partial charge in [0.05, 0.1) is 6.54 Å². The molecule has 18 heavy (non-hydrogen) atoms. The number of thiazole rings is 1. The van der Waals surface area contributed by atoms with Gasteiger partial charge in [-0.2, -0.15) is 0 Å². The zero-order valence-corrected chi connectivity index (χ0v) is 12.3. The van der Waals surface area contributed by atoms with E-state index in [1.807, 2.05) is 29.8 Å². The Kier molecular flexibility index (Phi) is 4.57. The van der Waals surface area contributed by atoms with E-state index in [1.54, 1.807) is 29.3 Å². The van der Waals surface area contributed by atoms with Crippen LogP contribution in [0.25, 0.3) is 0 Å². The lowest BCUT2D eigenvalue weighted by Crippen LogP contribution is -2.14. The van der Waals surface area contributed by atoms with Crippen LogP contribution in [0.4, 0.5) is 5.69 Å². The number of aromatic nitrogens is 1. The molecule has 0 aliphatic rings. The van der Waals surface area contributed by atoms with Crippen molar-refractivity contribution in [1.82, 2.24) is 4.98 Å². The molecule has 2 rings (SSSR count). The summed E-state index contributed by atoms with van der Waals surface area (Å²) < 4.78 is 0. The highest BCUT2D eigenvalue weighted by molar-refractivity contribution is 7.98. The van der Waals surface area contributed by atoms with Crippen molar-refractivity contribution in [3.05, 3.63) is 40.3 Å². The number of nitrogens with two attached hydrogens (primary N) is 1. The molecule has 1 aromatic carbocycles. The molecule has 0 saturated heterocycles. The van der Waals surface area contributed by atoms with Gasteiger partial charge in [0.15, 0.2) is 0 Å². The standard InChI is InChI=1S/C12H13N3S3/c1-17-9-4-2-3-8(11(9)12(13)16)15-7-10-14-5-6-18-10/h2-6,15H,7H2,1H3,(H2,13,16). The molecule has 0 aliphatic carbocycles. The molecule has 0 radical (unpaired) electrons. The summed E-state index contributed by atoms with van der Waals surface area (Å²) in [5.74, 6) is 0. The van der Waals surface area contributed by atoms with E-state index in [4.69, 9.17) is 18.0 Å². The summed E-state index contributed by atoms with van der Waals surface area (Å²) in [5, 5.41) is 6.34. The summed E-state index contributed by atoms with van der Waals surface area (Å²) in [6.07, 6.45) is 3.82. The van der Waals surface area contributed by atoms with Crippen molar-refractivity contribution in [2.45, 2.75) is 11.4 Å². The van der Waals surface area contributed by atoms with Crippen LogP contribution >= 0.6 is 35.3 Å². The molecule has 0 atom stereocenters. The number of hydrogen-bond acceptors (Lipinski definition) is 5. The Bertz CT molecular complexity index is 538. The summed E-state index contributed by atoms with van der Waals surface area (Å²) in [5.41, 5.74) is 7.68. The van der Waals surface area contributed by atoms with E-state index < -0.39 is 0 Å². The quantitative estimate of drug-likeness (QED) is 0.656. The van der Waals surface area contributed by atoms with Gasteiger partial charge in [0, 0.05) is 27.7 Å². The first-order chi connectivity index (χ1) is 8.72. The van der Waals surface area contributed by atoms with Gasteiger partial charge in [-0.1, -0.05) is 18.3 Å². The van der Waals surface area contributed by atoms with Gasteiger partial charge in [-0.3, -0.25) is 0 Å². The summed E-state index contributed by atoms with van der Waals surface area (Å²) in [6, 6.07) is 6.01. The number of hydrogen-bond donors (Lipinski definition) is 2. The minimum absolute atomic E-state index is 0.418. The van der Waals surface area contributed by atoms with Crippen molar-refractivity contribution in [3.63, 3.8) is 0 Å². The topological polar surface area (TPSA) is 50.9 Å². The fourth-order valence-electron chi connectivity index (χ4n) is 1.61. The van der Waals surface area contributed by atoms with E-state index in [0.29, 0.717) is 11.5 Å². The third-order valence-corrected chi connectivity index (χ3v) is 4.17. The molecular formula is C12H13N3S3. The zero-order chi connectivity index (χ0) is 13.0. The van der Waals surface area contributed by atoms with Crippen LogP contribution in [-0.4, -0.2) is 16.2 Å². The lowest BCUT2D eigenvalue weighted by atomic mass is 10.1. The smallest absolute Gasteiger partial charge is 0.112 e. The third kappa shape index (κ3) is 3.01. The van der Waals surface area contributed by atoms with Gasteiger partial charge in [-0.05, 0) is 18.4 Å². The second-order valence-electron chi connectivity index (χ2n) is 3.53. The molecule has 0 fully saturated rings. The molecule has 3 N–H and O–H groups in total. The van der Waals surface area contributed by atoms with Gasteiger partial charge in [-0.15, -0.1) is 23.1 Å². The predicted molar refractivity (Wildman–Crippen MR) is 83.6 cm³/mol. The first-order valence-corrected chi connectivity index (χ1v) is 7.82. The van der Waals surface area contributed by atoms with Crippen LogP contribution in [0.3, 0.4) is 0 Å². The van der Waals surface area contributed by atoms with Crippen molar-refractivity contribution in [1.29, 1.82) is 0 Å². The minimum atomic E-state index is 0.418. The summed E-state index contributed by atoms with van der Waals surface area (Å²) in [7, 11) is 0. The summed E-state index contributed by atoms with van der Waals surface area (Å²) in [6.45, 7) is 0.686. The molecule has 0 amide bonds. The zero-order valence-electron chi connectivity index (χ0n) is 9.84. The predicted octanol–water partition coefficient (Wildman–Crippen LogP) is 3.11. The number of rotatable bonds is 5. The molecule has 0 aliphatic heterocycles. The number of anilines is 1. The third-order valence-electron chi connectivity index (χ3n) is 2.41. The van der Waals surface area contributed by atoms with Crippen LogP contribution in [0.2, 0.25) is 0 Å². The average Bonchev–Trinajstić information content (AvgIpc) is 2.88. The van der Waals surface area contributed by atoms with Crippen molar-refractivity contribution < 1.29 is 0 Å². The van der Waals surface area contributed by atoms with Crippen molar-refractivity contribution >= 4 is 46.0 Å². The molecule has 6 heteroatoms. The van der Waals surface area contributed by atoms with Crippen LogP contribution in [0.1, 0.15) is 10.6 Å². The Labute approximate surface area is 120 Å². The highest BCUT2D eigenvalue weighted by Gasteiger charge is 2.10. The van der Waals surface area contributed by atoms with E-state index in [9.17, 15) is 0 Å². The van der Waals surface area contributed by atoms with Crippen molar-refractivity contribution in [3.8, 4) is 0 Å². The maximum Gasteiger partial charge on any atom is 0.112 e. The molecular weight excluding hydrogens is 282 g/mol. The fraction of sp³-hybridized carbons (Fsp3) is 0.167. The molecule has 0 unspecified atom stereocenters. The number of thioether (sulfide) groups is 1. The van der Waals surface area contributed by atoms with Gasteiger partial charge in [0.25, 0.3) is 0 Å². The first kappa shape index (κ1) is 13.3. The highest BCUT2D eigenvalue weighted by atomic mass is 32.2. The Morgan fingerprint density at radius 3 is 3.00 bits per heavy atom. The van der Waals surface area contributed by atoms with Crippen LogP contribution in [-0.2, 0) is 6.54 Å². The molecule has 94 valence electrons. The van der Waals surface area contributed by atoms with Crippen LogP contribution < -0.4 is 11.1 Å². The molecule has 0 spiro atoms. The van der Waals surface area contributed by atoms with Gasteiger partial charge >= 0.3 is 0 Å². The van der Waals surface area contributed by atoms with Crippen molar-refractivity contribution in [2.75, 3.05) is 11.6 Å². The Hall–Kier alpha value is -1.11. The summed E-state index contributed by atoms with van der Waals surface area (Å²) in [4.78, 5) is 5.74.